The van der Waals surface area contributed by atoms with E-state index in [1.165, 1.54) is 6.08 Å². The van der Waals surface area contributed by atoms with Crippen molar-refractivity contribution >= 4 is 29.3 Å². The minimum absolute atomic E-state index is 0.130. The van der Waals surface area contributed by atoms with Gasteiger partial charge < -0.3 is 15.5 Å². The Kier molecular flexibility index (Phi) is 9.20. The molecule has 38 heavy (non-hydrogen) atoms. The van der Waals surface area contributed by atoms with Crippen molar-refractivity contribution in [3.63, 3.8) is 0 Å². The Labute approximate surface area is 223 Å². The van der Waals surface area contributed by atoms with Crippen molar-refractivity contribution in [3.05, 3.63) is 59.8 Å². The largest absolute Gasteiger partial charge is 0.345 e. The number of carbonyl (C=O) groups excluding carboxylic acids is 3. The number of amidine groups is 1. The third kappa shape index (κ3) is 6.82. The molecule has 8 nitrogen and oxygen atoms in total. The van der Waals surface area contributed by atoms with Crippen LogP contribution in [-0.4, -0.2) is 65.0 Å². The molecule has 1 saturated heterocycles. The maximum atomic E-state index is 14.2. The highest BCUT2D eigenvalue weighted by atomic mass is 19.1. The second-order valence-corrected chi connectivity index (χ2v) is 9.99. The van der Waals surface area contributed by atoms with Gasteiger partial charge in [-0.15, -0.1) is 0 Å². The Morgan fingerprint density at radius 2 is 1.92 bits per heavy atom. The molecule has 2 heterocycles. The van der Waals surface area contributed by atoms with Crippen molar-refractivity contribution in [2.45, 2.75) is 83.1 Å². The normalized spacial score (nSPS) is 22.0. The van der Waals surface area contributed by atoms with Gasteiger partial charge in [-0.05, 0) is 56.7 Å². The van der Waals surface area contributed by atoms with Crippen molar-refractivity contribution < 1.29 is 18.8 Å². The van der Waals surface area contributed by atoms with Crippen molar-refractivity contribution in [2.75, 3.05) is 6.54 Å². The first-order valence-corrected chi connectivity index (χ1v) is 13.5. The summed E-state index contributed by atoms with van der Waals surface area (Å²) in [6.07, 6.45) is 7.70. The summed E-state index contributed by atoms with van der Waals surface area (Å²) >= 11 is 0. The Hall–Kier alpha value is -3.62. The van der Waals surface area contributed by atoms with Crippen LogP contribution in [0, 0.1) is 0 Å². The summed E-state index contributed by atoms with van der Waals surface area (Å²) in [5.74, 6) is -0.658. The molecule has 0 spiro atoms. The number of nitrogens with one attached hydrogen (secondary N) is 2. The van der Waals surface area contributed by atoms with Gasteiger partial charge in [0.2, 0.25) is 17.7 Å². The number of likely N-dealkylation sites (tertiary alicyclic amines) is 1. The zero-order valence-corrected chi connectivity index (χ0v) is 22.0. The number of halogens is 1. The molecule has 2 aliphatic heterocycles. The van der Waals surface area contributed by atoms with E-state index in [2.05, 4.69) is 27.5 Å². The fourth-order valence-electron chi connectivity index (χ4n) is 5.04. The molecule has 202 valence electrons. The Morgan fingerprint density at radius 1 is 1.13 bits per heavy atom. The van der Waals surface area contributed by atoms with Crippen LogP contribution in [-0.2, 0) is 20.8 Å². The fourth-order valence-corrected chi connectivity index (χ4v) is 5.04. The summed E-state index contributed by atoms with van der Waals surface area (Å²) in [5, 5.41) is 5.61. The number of hydrogen-bond donors (Lipinski definition) is 2. The van der Waals surface area contributed by atoms with Crippen LogP contribution in [0.5, 0.6) is 0 Å². The average molecular weight is 522 g/mol. The highest BCUT2D eigenvalue weighted by molar-refractivity contribution is 6.17. The molecule has 1 aromatic carbocycles. The van der Waals surface area contributed by atoms with E-state index in [4.69, 9.17) is 0 Å². The number of carbonyl (C=O) groups is 3. The zero-order chi connectivity index (χ0) is 27.1. The number of fused-ring (bicyclic) bond motifs is 1. The molecular weight excluding hydrogens is 485 g/mol. The number of amides is 3. The number of nitrogens with zero attached hydrogens (tertiary/aromatic N) is 3. The maximum Gasteiger partial charge on any atom is 0.243 e. The second-order valence-electron chi connectivity index (χ2n) is 9.99. The first-order valence-electron chi connectivity index (χ1n) is 13.5. The van der Waals surface area contributed by atoms with E-state index >= 15 is 0 Å². The van der Waals surface area contributed by atoms with Gasteiger partial charge in [0.1, 0.15) is 11.8 Å². The molecule has 2 N–H and O–H groups in total. The van der Waals surface area contributed by atoms with E-state index in [1.54, 1.807) is 19.1 Å². The van der Waals surface area contributed by atoms with Gasteiger partial charge in [0.15, 0.2) is 12.0 Å². The fraction of sp³-hybridized carbons (Fsp3) is 0.483. The number of alkyl halides is 1. The van der Waals surface area contributed by atoms with E-state index in [9.17, 15) is 18.8 Å². The number of aryl methyl sites for hydroxylation is 1. The van der Waals surface area contributed by atoms with Gasteiger partial charge in [-0.25, -0.2) is 14.4 Å². The zero-order valence-electron chi connectivity index (χ0n) is 22.0. The van der Waals surface area contributed by atoms with E-state index in [-0.39, 0.29) is 42.2 Å². The summed E-state index contributed by atoms with van der Waals surface area (Å²) in [6, 6.07) is 8.09. The second kappa shape index (κ2) is 12.8. The van der Waals surface area contributed by atoms with Gasteiger partial charge in [-0.1, -0.05) is 43.3 Å². The number of rotatable bonds is 10. The van der Waals surface area contributed by atoms with Crippen LogP contribution in [0.1, 0.15) is 57.9 Å². The topological polar surface area (TPSA) is 103 Å². The molecule has 3 amide bonds. The first-order chi connectivity index (χ1) is 18.4. The Balaban J connectivity index is 1.43. The monoisotopic (exact) mass is 521 g/mol. The highest BCUT2D eigenvalue weighted by Crippen LogP contribution is 2.22. The number of piperidine rings is 1. The van der Waals surface area contributed by atoms with Crippen molar-refractivity contribution in [2.24, 2.45) is 9.98 Å². The van der Waals surface area contributed by atoms with Crippen molar-refractivity contribution in [1.82, 2.24) is 15.5 Å². The summed E-state index contributed by atoms with van der Waals surface area (Å²) in [4.78, 5) is 50.0. The first kappa shape index (κ1) is 27.4. The van der Waals surface area contributed by atoms with Crippen LogP contribution in [0.2, 0.25) is 0 Å². The lowest BCUT2D eigenvalue weighted by Crippen LogP contribution is -2.53. The molecule has 3 aliphatic rings. The molecule has 1 fully saturated rings. The lowest BCUT2D eigenvalue weighted by molar-refractivity contribution is -0.139. The summed E-state index contributed by atoms with van der Waals surface area (Å²) in [7, 11) is 0. The van der Waals surface area contributed by atoms with Crippen molar-refractivity contribution in [1.29, 1.82) is 0 Å². The SMILES string of the molecule is CC[C@H]1CCCCN1C(=O)C[C@H](NC(=O)CCc1ccccc1)C(=O)N[C@@H](C)C1=NC2=CC=CC(F)C2=N1. The summed E-state index contributed by atoms with van der Waals surface area (Å²) in [6.45, 7) is 4.42. The van der Waals surface area contributed by atoms with E-state index in [0.29, 0.717) is 18.7 Å². The van der Waals surface area contributed by atoms with Crippen LogP contribution in [0.25, 0.3) is 0 Å². The third-order valence-corrected chi connectivity index (χ3v) is 7.21. The molecule has 0 bridgehead atoms. The van der Waals surface area contributed by atoms with Crippen LogP contribution in [0.15, 0.2) is 64.2 Å². The molecule has 1 aliphatic carbocycles. The number of allylic oxidation sites excluding steroid dienone is 4. The molecule has 0 radical (unpaired) electrons. The smallest absolute Gasteiger partial charge is 0.243 e. The predicted octanol–water partition coefficient (Wildman–Crippen LogP) is 3.43. The minimum atomic E-state index is -1.34. The molecule has 9 heteroatoms. The molecule has 0 saturated carbocycles. The standard InChI is InChI=1S/C29H36FN5O3/c1-3-21-12-7-8-17-35(21)26(37)18-24(32-25(36)16-15-20-10-5-4-6-11-20)29(38)31-19(2)28-33-23-14-9-13-22(30)27(23)34-28/h4-6,9-11,13-14,19,21-22,24H,3,7-8,12,15-18H2,1-2H3,(H,31,38)(H,32,36)/t19-,21-,22?,24-/m0/s1. The van der Waals surface area contributed by atoms with Gasteiger partial charge in [0.05, 0.1) is 18.2 Å². The van der Waals surface area contributed by atoms with Gasteiger partial charge in [-0.2, -0.15) is 0 Å². The van der Waals surface area contributed by atoms with Crippen LogP contribution >= 0.6 is 0 Å². The Morgan fingerprint density at radius 3 is 2.66 bits per heavy atom. The summed E-state index contributed by atoms with van der Waals surface area (Å²) < 4.78 is 14.2. The van der Waals surface area contributed by atoms with E-state index < -0.39 is 24.2 Å². The molecular formula is C29H36FN5O3. The predicted molar refractivity (Wildman–Crippen MR) is 146 cm³/mol. The van der Waals surface area contributed by atoms with E-state index in [0.717, 1.165) is 31.2 Å². The van der Waals surface area contributed by atoms with E-state index in [1.807, 2.05) is 35.2 Å². The maximum absolute atomic E-state index is 14.2. The third-order valence-electron chi connectivity index (χ3n) is 7.21. The van der Waals surface area contributed by atoms with Gasteiger partial charge in [-0.3, -0.25) is 14.4 Å². The van der Waals surface area contributed by atoms with Gasteiger partial charge >= 0.3 is 0 Å². The Bertz CT molecular complexity index is 1160. The molecule has 4 rings (SSSR count). The van der Waals surface area contributed by atoms with Crippen LogP contribution < -0.4 is 10.6 Å². The lowest BCUT2D eigenvalue weighted by Gasteiger charge is -2.36. The van der Waals surface area contributed by atoms with Crippen molar-refractivity contribution in [3.8, 4) is 0 Å². The number of aliphatic imine (C=N–C) groups is 2. The molecule has 0 aromatic heterocycles. The van der Waals surface area contributed by atoms with Gasteiger partial charge in [0, 0.05) is 19.0 Å². The van der Waals surface area contributed by atoms with Crippen LogP contribution in [0.4, 0.5) is 4.39 Å². The molecule has 1 aromatic rings. The lowest BCUT2D eigenvalue weighted by atomic mass is 9.98. The molecule has 4 atom stereocenters. The quantitative estimate of drug-likeness (QED) is 0.493. The minimum Gasteiger partial charge on any atom is -0.345 e. The average Bonchev–Trinajstić information content (AvgIpc) is 3.38. The molecule has 1 unspecified atom stereocenters. The number of hydrogen-bond acceptors (Lipinski definition) is 5. The van der Waals surface area contributed by atoms with Crippen LogP contribution in [0.3, 0.4) is 0 Å². The highest BCUT2D eigenvalue weighted by Gasteiger charge is 2.33. The van der Waals surface area contributed by atoms with Gasteiger partial charge in [0.25, 0.3) is 0 Å². The summed E-state index contributed by atoms with van der Waals surface area (Å²) in [5.41, 5.74) is 1.68. The number of benzene rings is 1.